The van der Waals surface area contributed by atoms with Crippen molar-refractivity contribution < 1.29 is 9.90 Å². The Labute approximate surface area is 87.6 Å². The van der Waals surface area contributed by atoms with Gasteiger partial charge < -0.3 is 10.0 Å². The van der Waals surface area contributed by atoms with Crippen LogP contribution in [0, 0.1) is 0 Å². The zero-order valence-electron chi connectivity index (χ0n) is 8.39. The van der Waals surface area contributed by atoms with Crippen LogP contribution in [0.4, 0.5) is 0 Å². The van der Waals surface area contributed by atoms with E-state index in [1.807, 2.05) is 0 Å². The molecule has 1 aromatic rings. The molecule has 5 heteroatoms. The molecule has 1 aliphatic rings. The number of fused-ring (bicyclic) bond motifs is 1. The lowest BCUT2D eigenvalue weighted by Gasteiger charge is -2.15. The second-order valence-electron chi connectivity index (χ2n) is 3.56. The number of aromatic nitrogens is 2. The van der Waals surface area contributed by atoms with Crippen molar-refractivity contribution in [3.05, 3.63) is 30.2 Å². The van der Waals surface area contributed by atoms with Crippen molar-refractivity contribution in [3.8, 4) is 0 Å². The smallest absolute Gasteiger partial charge is 0.356 e. The van der Waals surface area contributed by atoms with Crippen LogP contribution in [0.3, 0.4) is 0 Å². The Morgan fingerprint density at radius 3 is 3.07 bits per heavy atom. The van der Waals surface area contributed by atoms with Gasteiger partial charge in [0, 0.05) is 13.1 Å². The highest BCUT2D eigenvalue weighted by molar-refractivity contribution is 5.85. The van der Waals surface area contributed by atoms with Crippen LogP contribution in [0.2, 0.25) is 0 Å². The monoisotopic (exact) mass is 207 g/mol. The first-order valence-electron chi connectivity index (χ1n) is 4.87. The molecule has 1 N–H and O–H groups in total. The molecule has 2 heterocycles. The standard InChI is InChI=1S/C10H13N3O2/c1-2-12-4-3-5-13-8(7-12)6-9(11-13)10(14)15/h2,6H,1,3-5,7H2,(H,14,15). The highest BCUT2D eigenvalue weighted by Crippen LogP contribution is 2.13. The Morgan fingerprint density at radius 2 is 2.40 bits per heavy atom. The number of aromatic carboxylic acids is 1. The summed E-state index contributed by atoms with van der Waals surface area (Å²) in [7, 11) is 0. The van der Waals surface area contributed by atoms with Gasteiger partial charge in [-0.1, -0.05) is 6.58 Å². The van der Waals surface area contributed by atoms with Crippen LogP contribution in [-0.2, 0) is 13.1 Å². The summed E-state index contributed by atoms with van der Waals surface area (Å²) in [5, 5.41) is 12.9. The molecule has 2 rings (SSSR count). The number of hydrogen-bond donors (Lipinski definition) is 1. The maximum atomic E-state index is 10.7. The van der Waals surface area contributed by atoms with Gasteiger partial charge in [0.1, 0.15) is 0 Å². The van der Waals surface area contributed by atoms with Gasteiger partial charge in [-0.25, -0.2) is 4.79 Å². The number of nitrogens with zero attached hydrogens (tertiary/aromatic N) is 3. The van der Waals surface area contributed by atoms with Crippen LogP contribution in [0.15, 0.2) is 18.8 Å². The molecule has 15 heavy (non-hydrogen) atoms. The molecule has 0 aliphatic carbocycles. The summed E-state index contributed by atoms with van der Waals surface area (Å²) >= 11 is 0. The maximum absolute atomic E-state index is 10.7. The summed E-state index contributed by atoms with van der Waals surface area (Å²) in [5.41, 5.74) is 1.06. The van der Waals surface area contributed by atoms with Crippen molar-refractivity contribution in [2.24, 2.45) is 0 Å². The minimum Gasteiger partial charge on any atom is -0.476 e. The van der Waals surface area contributed by atoms with Gasteiger partial charge in [-0.05, 0) is 18.7 Å². The molecule has 0 spiro atoms. The first-order valence-corrected chi connectivity index (χ1v) is 4.87. The van der Waals surface area contributed by atoms with Gasteiger partial charge in [0.05, 0.1) is 12.2 Å². The molecule has 0 bridgehead atoms. The van der Waals surface area contributed by atoms with Crippen molar-refractivity contribution >= 4 is 5.97 Å². The quantitative estimate of drug-likeness (QED) is 0.783. The number of hydrogen-bond acceptors (Lipinski definition) is 3. The highest BCUT2D eigenvalue weighted by Gasteiger charge is 2.16. The van der Waals surface area contributed by atoms with E-state index in [0.717, 1.165) is 25.2 Å². The third-order valence-corrected chi connectivity index (χ3v) is 2.52. The molecule has 0 fully saturated rings. The zero-order chi connectivity index (χ0) is 10.8. The van der Waals surface area contributed by atoms with E-state index in [4.69, 9.17) is 5.11 Å². The lowest BCUT2D eigenvalue weighted by molar-refractivity contribution is 0.0689. The molecule has 1 aliphatic heterocycles. The molecular weight excluding hydrogens is 194 g/mol. The largest absolute Gasteiger partial charge is 0.476 e. The molecular formula is C10H13N3O2. The van der Waals surface area contributed by atoms with Crippen molar-refractivity contribution in [1.82, 2.24) is 14.7 Å². The Morgan fingerprint density at radius 1 is 1.60 bits per heavy atom. The van der Waals surface area contributed by atoms with Crippen LogP contribution < -0.4 is 0 Å². The van der Waals surface area contributed by atoms with E-state index in [2.05, 4.69) is 16.6 Å². The van der Waals surface area contributed by atoms with Crippen molar-refractivity contribution in [2.45, 2.75) is 19.5 Å². The molecule has 0 saturated heterocycles. The fraction of sp³-hybridized carbons (Fsp3) is 0.400. The Hall–Kier alpha value is -1.78. The van der Waals surface area contributed by atoms with Gasteiger partial charge in [0.25, 0.3) is 0 Å². The van der Waals surface area contributed by atoms with Crippen LogP contribution in [0.25, 0.3) is 0 Å². The van der Waals surface area contributed by atoms with E-state index in [1.165, 1.54) is 0 Å². The van der Waals surface area contributed by atoms with Crippen LogP contribution >= 0.6 is 0 Å². The number of carboxylic acids is 1. The van der Waals surface area contributed by atoms with E-state index in [1.54, 1.807) is 16.9 Å². The van der Waals surface area contributed by atoms with Gasteiger partial charge >= 0.3 is 5.97 Å². The Kier molecular flexibility index (Phi) is 2.45. The van der Waals surface area contributed by atoms with E-state index in [0.29, 0.717) is 6.54 Å². The van der Waals surface area contributed by atoms with Crippen LogP contribution in [0.1, 0.15) is 22.6 Å². The number of carboxylic acid groups (broad SMARTS) is 1. The van der Waals surface area contributed by atoms with E-state index < -0.39 is 5.97 Å². The summed E-state index contributed by atoms with van der Waals surface area (Å²) in [6.45, 7) is 6.12. The molecule has 0 saturated carbocycles. The van der Waals surface area contributed by atoms with Gasteiger partial charge in [0.15, 0.2) is 5.69 Å². The Bertz CT molecular complexity index is 397. The van der Waals surface area contributed by atoms with Crippen molar-refractivity contribution in [2.75, 3.05) is 6.54 Å². The molecule has 0 aromatic carbocycles. The van der Waals surface area contributed by atoms with Crippen LogP contribution in [0.5, 0.6) is 0 Å². The normalized spacial score (nSPS) is 15.6. The topological polar surface area (TPSA) is 58.4 Å². The second kappa shape index (κ2) is 3.76. The van der Waals surface area contributed by atoms with Gasteiger partial charge in [-0.15, -0.1) is 0 Å². The zero-order valence-corrected chi connectivity index (χ0v) is 8.39. The second-order valence-corrected chi connectivity index (χ2v) is 3.56. The molecule has 0 amide bonds. The molecule has 0 radical (unpaired) electrons. The predicted octanol–water partition coefficient (Wildman–Crippen LogP) is 0.930. The van der Waals surface area contributed by atoms with Crippen molar-refractivity contribution in [1.29, 1.82) is 0 Å². The summed E-state index contributed by atoms with van der Waals surface area (Å²) in [4.78, 5) is 12.8. The van der Waals surface area contributed by atoms with E-state index >= 15 is 0 Å². The molecule has 80 valence electrons. The number of rotatable bonds is 2. The third kappa shape index (κ3) is 1.86. The SMILES string of the molecule is C=CN1CCCn2nc(C(=O)O)cc2C1. The lowest BCUT2D eigenvalue weighted by atomic mass is 10.3. The molecule has 0 atom stereocenters. The molecule has 5 nitrogen and oxygen atoms in total. The Balaban J connectivity index is 2.30. The van der Waals surface area contributed by atoms with Crippen molar-refractivity contribution in [3.63, 3.8) is 0 Å². The number of aryl methyl sites for hydroxylation is 1. The van der Waals surface area contributed by atoms with E-state index in [-0.39, 0.29) is 5.69 Å². The van der Waals surface area contributed by atoms with E-state index in [9.17, 15) is 4.79 Å². The molecule has 1 aromatic heterocycles. The summed E-state index contributed by atoms with van der Waals surface area (Å²) in [5.74, 6) is -0.972. The van der Waals surface area contributed by atoms with Gasteiger partial charge in [-0.3, -0.25) is 4.68 Å². The lowest BCUT2D eigenvalue weighted by Crippen LogP contribution is -2.15. The maximum Gasteiger partial charge on any atom is 0.356 e. The van der Waals surface area contributed by atoms with Crippen LogP contribution in [-0.4, -0.2) is 32.3 Å². The fourth-order valence-electron chi connectivity index (χ4n) is 1.75. The third-order valence-electron chi connectivity index (χ3n) is 2.52. The highest BCUT2D eigenvalue weighted by atomic mass is 16.4. The fourth-order valence-corrected chi connectivity index (χ4v) is 1.75. The summed E-state index contributed by atoms with van der Waals surface area (Å²) in [6, 6.07) is 1.63. The van der Waals surface area contributed by atoms with Gasteiger partial charge in [-0.2, -0.15) is 5.10 Å². The van der Waals surface area contributed by atoms with Gasteiger partial charge in [0.2, 0.25) is 0 Å². The molecule has 0 unspecified atom stereocenters. The first-order chi connectivity index (χ1) is 7.20. The minimum absolute atomic E-state index is 0.121. The predicted molar refractivity (Wildman–Crippen MR) is 54.4 cm³/mol. The number of carbonyl (C=O) groups is 1. The average Bonchev–Trinajstić information content (AvgIpc) is 2.51. The average molecular weight is 207 g/mol. The summed E-state index contributed by atoms with van der Waals surface area (Å²) in [6.07, 6.45) is 2.74. The minimum atomic E-state index is -0.972. The first kappa shape index (κ1) is 9.76. The summed E-state index contributed by atoms with van der Waals surface area (Å²) < 4.78 is 1.77.